The van der Waals surface area contributed by atoms with E-state index in [1.54, 1.807) is 0 Å². The summed E-state index contributed by atoms with van der Waals surface area (Å²) >= 11 is 5.48. The van der Waals surface area contributed by atoms with Gasteiger partial charge in [0.2, 0.25) is 0 Å². The van der Waals surface area contributed by atoms with E-state index >= 15 is 0 Å². The van der Waals surface area contributed by atoms with Crippen LogP contribution >= 0.6 is 11.6 Å². The molecule has 2 unspecified atom stereocenters. The van der Waals surface area contributed by atoms with Crippen LogP contribution in [0.1, 0.15) is 28.3 Å². The van der Waals surface area contributed by atoms with E-state index in [4.69, 9.17) is 11.6 Å². The SMILES string of the molecule is O=C(c1cc(F)c(Cl)cc1F)C1CC1c1ccccc1. The first kappa shape index (κ1) is 13.3. The number of Topliss-reactive ketones (excluding diaryl/α,β-unsaturated/α-hetero) is 1. The minimum absolute atomic E-state index is 0.0989. The second-order valence-corrected chi connectivity index (χ2v) is 5.38. The van der Waals surface area contributed by atoms with Gasteiger partial charge in [-0.05, 0) is 30.0 Å². The average Bonchev–Trinajstić information content (AvgIpc) is 3.23. The van der Waals surface area contributed by atoms with Crippen LogP contribution in [0.4, 0.5) is 8.78 Å². The maximum atomic E-state index is 13.7. The van der Waals surface area contributed by atoms with Crippen molar-refractivity contribution in [2.24, 2.45) is 5.92 Å². The van der Waals surface area contributed by atoms with E-state index in [-0.39, 0.29) is 28.2 Å². The molecule has 2 aromatic rings. The number of rotatable bonds is 3. The lowest BCUT2D eigenvalue weighted by Crippen LogP contribution is -2.07. The molecule has 0 N–H and O–H groups in total. The van der Waals surface area contributed by atoms with Crippen LogP contribution in [0, 0.1) is 17.6 Å². The van der Waals surface area contributed by atoms with Crippen LogP contribution < -0.4 is 0 Å². The molecule has 0 spiro atoms. The smallest absolute Gasteiger partial charge is 0.169 e. The van der Waals surface area contributed by atoms with Gasteiger partial charge in [0, 0.05) is 5.92 Å². The topological polar surface area (TPSA) is 17.1 Å². The van der Waals surface area contributed by atoms with Crippen LogP contribution in [0.3, 0.4) is 0 Å². The lowest BCUT2D eigenvalue weighted by atomic mass is 10.0. The van der Waals surface area contributed by atoms with Crippen molar-refractivity contribution in [1.29, 1.82) is 0 Å². The van der Waals surface area contributed by atoms with Gasteiger partial charge in [0.1, 0.15) is 11.6 Å². The van der Waals surface area contributed by atoms with Crippen LogP contribution in [0.15, 0.2) is 42.5 Å². The second kappa shape index (κ2) is 4.98. The molecule has 4 heteroatoms. The summed E-state index contributed by atoms with van der Waals surface area (Å²) in [7, 11) is 0. The largest absolute Gasteiger partial charge is 0.294 e. The zero-order chi connectivity index (χ0) is 14.3. The molecule has 102 valence electrons. The van der Waals surface area contributed by atoms with E-state index in [1.165, 1.54) is 0 Å². The monoisotopic (exact) mass is 292 g/mol. The summed E-state index contributed by atoms with van der Waals surface area (Å²) in [6.07, 6.45) is 0.673. The molecular weight excluding hydrogens is 282 g/mol. The Balaban J connectivity index is 1.84. The Morgan fingerprint density at radius 2 is 1.80 bits per heavy atom. The van der Waals surface area contributed by atoms with Gasteiger partial charge in [0.05, 0.1) is 10.6 Å². The van der Waals surface area contributed by atoms with Crippen molar-refractivity contribution in [3.8, 4) is 0 Å². The lowest BCUT2D eigenvalue weighted by molar-refractivity contribution is 0.0961. The standard InChI is InChI=1S/C16H11ClF2O/c17-13-8-14(18)12(7-15(13)19)16(20)11-6-10(11)9-4-2-1-3-5-9/h1-5,7-8,10-11H,6H2. The number of carbonyl (C=O) groups excluding carboxylic acids is 1. The molecule has 2 atom stereocenters. The second-order valence-electron chi connectivity index (χ2n) is 4.97. The fraction of sp³-hybridized carbons (Fsp3) is 0.188. The highest BCUT2D eigenvalue weighted by atomic mass is 35.5. The molecule has 20 heavy (non-hydrogen) atoms. The average molecular weight is 293 g/mol. The van der Waals surface area contributed by atoms with Crippen molar-refractivity contribution >= 4 is 17.4 Å². The maximum Gasteiger partial charge on any atom is 0.169 e. The number of ketones is 1. The Morgan fingerprint density at radius 3 is 2.50 bits per heavy atom. The molecule has 3 rings (SSSR count). The van der Waals surface area contributed by atoms with Crippen molar-refractivity contribution in [1.82, 2.24) is 0 Å². The number of hydrogen-bond acceptors (Lipinski definition) is 1. The highest BCUT2D eigenvalue weighted by molar-refractivity contribution is 6.30. The van der Waals surface area contributed by atoms with Crippen molar-refractivity contribution in [3.63, 3.8) is 0 Å². The highest BCUT2D eigenvalue weighted by Crippen LogP contribution is 2.49. The van der Waals surface area contributed by atoms with E-state index in [0.717, 1.165) is 17.7 Å². The molecule has 1 aliphatic rings. The number of halogens is 3. The van der Waals surface area contributed by atoms with E-state index in [0.29, 0.717) is 6.42 Å². The first-order valence-electron chi connectivity index (χ1n) is 6.31. The zero-order valence-electron chi connectivity index (χ0n) is 10.4. The fourth-order valence-electron chi connectivity index (χ4n) is 2.46. The molecule has 0 amide bonds. The predicted molar refractivity (Wildman–Crippen MR) is 73.0 cm³/mol. The molecule has 0 bridgehead atoms. The molecule has 1 fully saturated rings. The first-order valence-corrected chi connectivity index (χ1v) is 6.69. The van der Waals surface area contributed by atoms with Crippen LogP contribution in [0.5, 0.6) is 0 Å². The Bertz CT molecular complexity index is 670. The van der Waals surface area contributed by atoms with Gasteiger partial charge in [-0.15, -0.1) is 0 Å². The third kappa shape index (κ3) is 2.34. The summed E-state index contributed by atoms with van der Waals surface area (Å²) in [6, 6.07) is 11.3. The molecule has 0 aromatic heterocycles. The highest BCUT2D eigenvalue weighted by Gasteiger charge is 2.44. The zero-order valence-corrected chi connectivity index (χ0v) is 11.2. The molecule has 0 heterocycles. The van der Waals surface area contributed by atoms with Gasteiger partial charge in [0.25, 0.3) is 0 Å². The van der Waals surface area contributed by atoms with Gasteiger partial charge in [0.15, 0.2) is 5.78 Å². The Morgan fingerprint density at radius 1 is 1.10 bits per heavy atom. The Hall–Kier alpha value is -1.74. The van der Waals surface area contributed by atoms with Gasteiger partial charge in [-0.2, -0.15) is 0 Å². The van der Waals surface area contributed by atoms with Crippen LogP contribution in [0.2, 0.25) is 5.02 Å². The van der Waals surface area contributed by atoms with E-state index in [1.807, 2.05) is 30.3 Å². The molecule has 0 aliphatic heterocycles. The molecule has 2 aromatic carbocycles. The number of carbonyl (C=O) groups is 1. The lowest BCUT2D eigenvalue weighted by Gasteiger charge is -2.04. The van der Waals surface area contributed by atoms with Gasteiger partial charge >= 0.3 is 0 Å². The van der Waals surface area contributed by atoms with Gasteiger partial charge in [-0.1, -0.05) is 41.9 Å². The normalized spacial score (nSPS) is 20.8. The molecular formula is C16H11ClF2O. The van der Waals surface area contributed by atoms with Gasteiger partial charge < -0.3 is 0 Å². The Labute approximate surface area is 120 Å². The van der Waals surface area contributed by atoms with Gasteiger partial charge in [-0.3, -0.25) is 4.79 Å². The van der Waals surface area contributed by atoms with E-state index in [9.17, 15) is 13.6 Å². The number of benzene rings is 2. The van der Waals surface area contributed by atoms with Crippen LogP contribution in [-0.2, 0) is 0 Å². The van der Waals surface area contributed by atoms with Gasteiger partial charge in [-0.25, -0.2) is 8.78 Å². The Kier molecular flexibility index (Phi) is 3.30. The minimum Gasteiger partial charge on any atom is -0.294 e. The maximum absolute atomic E-state index is 13.7. The predicted octanol–water partition coefficient (Wildman–Crippen LogP) is 4.60. The summed E-state index contributed by atoms with van der Waals surface area (Å²) in [4.78, 5) is 12.2. The van der Waals surface area contributed by atoms with Crippen LogP contribution in [0.25, 0.3) is 0 Å². The summed E-state index contributed by atoms with van der Waals surface area (Å²) < 4.78 is 27.1. The first-order chi connectivity index (χ1) is 9.58. The molecule has 0 saturated heterocycles. The third-order valence-electron chi connectivity index (χ3n) is 3.63. The van der Waals surface area contributed by atoms with Crippen molar-refractivity contribution in [2.75, 3.05) is 0 Å². The van der Waals surface area contributed by atoms with Crippen LogP contribution in [-0.4, -0.2) is 5.78 Å². The van der Waals surface area contributed by atoms with Crippen molar-refractivity contribution in [3.05, 3.63) is 70.2 Å². The van der Waals surface area contributed by atoms with E-state index < -0.39 is 11.6 Å². The molecule has 0 radical (unpaired) electrons. The van der Waals surface area contributed by atoms with Crippen molar-refractivity contribution in [2.45, 2.75) is 12.3 Å². The third-order valence-corrected chi connectivity index (χ3v) is 3.92. The van der Waals surface area contributed by atoms with E-state index in [2.05, 4.69) is 0 Å². The fourth-order valence-corrected chi connectivity index (χ4v) is 2.61. The minimum atomic E-state index is -0.770. The summed E-state index contributed by atoms with van der Waals surface area (Å²) in [5, 5.41) is -0.311. The summed E-state index contributed by atoms with van der Waals surface area (Å²) in [6.45, 7) is 0. The molecule has 1 saturated carbocycles. The van der Waals surface area contributed by atoms with Crippen molar-refractivity contribution < 1.29 is 13.6 Å². The molecule has 1 aliphatic carbocycles. The summed E-state index contributed by atoms with van der Waals surface area (Å²) in [5.41, 5.74) is 0.844. The number of hydrogen-bond donors (Lipinski definition) is 0. The summed E-state index contributed by atoms with van der Waals surface area (Å²) in [5.74, 6) is -2.06. The molecule has 1 nitrogen and oxygen atoms in total. The quantitative estimate of drug-likeness (QED) is 0.596.